The number of anilines is 1. The second-order valence-corrected chi connectivity index (χ2v) is 5.48. The predicted molar refractivity (Wildman–Crippen MR) is 83.4 cm³/mol. The first-order valence-corrected chi connectivity index (χ1v) is 7.11. The maximum atomic E-state index is 9.83. The van der Waals surface area contributed by atoms with Gasteiger partial charge in [0.05, 0.1) is 13.2 Å². The van der Waals surface area contributed by atoms with Crippen LogP contribution in [0, 0.1) is 18.3 Å². The molecule has 3 heteroatoms. The van der Waals surface area contributed by atoms with Crippen LogP contribution in [0.25, 0.3) is 0 Å². The average Bonchev–Trinajstić information content (AvgIpc) is 2.88. The molecule has 0 aliphatic heterocycles. The van der Waals surface area contributed by atoms with Gasteiger partial charge in [-0.1, -0.05) is 24.3 Å². The lowest BCUT2D eigenvalue weighted by molar-refractivity contribution is 0.413. The molecule has 1 N–H and O–H groups in total. The fourth-order valence-electron chi connectivity index (χ4n) is 2.97. The van der Waals surface area contributed by atoms with Gasteiger partial charge < -0.3 is 10.1 Å². The molecule has 0 bridgehead atoms. The summed E-state index contributed by atoms with van der Waals surface area (Å²) in [5.41, 5.74) is 3.74. The number of hydrogen-bond acceptors (Lipinski definition) is 3. The fraction of sp³-hybridized carbons (Fsp3) is 0.278. The van der Waals surface area contributed by atoms with Crippen LogP contribution >= 0.6 is 0 Å². The minimum absolute atomic E-state index is 0.671. The third kappa shape index (κ3) is 2.23. The largest absolute Gasteiger partial charge is 0.497 e. The molecule has 3 rings (SSSR count). The first kappa shape index (κ1) is 13.5. The monoisotopic (exact) mass is 278 g/mol. The van der Waals surface area contributed by atoms with E-state index in [9.17, 15) is 5.26 Å². The van der Waals surface area contributed by atoms with Crippen molar-refractivity contribution < 1.29 is 4.74 Å². The number of nitriles is 1. The van der Waals surface area contributed by atoms with E-state index in [0.717, 1.165) is 35.4 Å². The molecule has 2 aromatic rings. The van der Waals surface area contributed by atoms with Crippen LogP contribution in [-0.4, -0.2) is 7.11 Å². The molecule has 0 fully saturated rings. The van der Waals surface area contributed by atoms with Gasteiger partial charge in [0.1, 0.15) is 5.75 Å². The van der Waals surface area contributed by atoms with Crippen LogP contribution < -0.4 is 10.1 Å². The van der Waals surface area contributed by atoms with Crippen molar-refractivity contribution >= 4 is 5.69 Å². The summed E-state index contributed by atoms with van der Waals surface area (Å²) in [5, 5.41) is 13.3. The Morgan fingerprint density at radius 1 is 1.24 bits per heavy atom. The lowest BCUT2D eigenvalue weighted by Gasteiger charge is -2.26. The van der Waals surface area contributed by atoms with Crippen molar-refractivity contribution in [2.45, 2.75) is 25.3 Å². The van der Waals surface area contributed by atoms with Gasteiger partial charge >= 0.3 is 0 Å². The average molecular weight is 278 g/mol. The highest BCUT2D eigenvalue weighted by atomic mass is 16.5. The number of nitrogens with zero attached hydrogens (tertiary/aromatic N) is 1. The Morgan fingerprint density at radius 2 is 2.05 bits per heavy atom. The Morgan fingerprint density at radius 3 is 2.76 bits per heavy atom. The zero-order valence-electron chi connectivity index (χ0n) is 12.3. The molecule has 1 aliphatic carbocycles. The Hall–Kier alpha value is -2.47. The van der Waals surface area contributed by atoms with E-state index < -0.39 is 5.54 Å². The van der Waals surface area contributed by atoms with Gasteiger partial charge in [-0.15, -0.1) is 0 Å². The van der Waals surface area contributed by atoms with E-state index in [1.165, 1.54) is 5.56 Å². The van der Waals surface area contributed by atoms with E-state index in [-0.39, 0.29) is 0 Å². The molecule has 0 spiro atoms. The molecule has 1 atom stereocenters. The number of rotatable bonds is 3. The zero-order valence-corrected chi connectivity index (χ0v) is 12.3. The van der Waals surface area contributed by atoms with Crippen molar-refractivity contribution in [3.63, 3.8) is 0 Å². The van der Waals surface area contributed by atoms with E-state index >= 15 is 0 Å². The Labute approximate surface area is 125 Å². The van der Waals surface area contributed by atoms with Crippen LogP contribution in [0.15, 0.2) is 42.5 Å². The van der Waals surface area contributed by atoms with Crippen molar-refractivity contribution in [3.8, 4) is 11.8 Å². The number of ether oxygens (including phenoxy) is 1. The lowest BCUT2D eigenvalue weighted by Crippen LogP contribution is -2.31. The van der Waals surface area contributed by atoms with Crippen molar-refractivity contribution in [1.29, 1.82) is 5.26 Å². The SMILES string of the molecule is COc1ccc2c(c1)C(C#N)(Nc1ccccc1C)CC2. The first-order chi connectivity index (χ1) is 10.2. The molecule has 106 valence electrons. The molecule has 21 heavy (non-hydrogen) atoms. The zero-order chi connectivity index (χ0) is 14.9. The molecular weight excluding hydrogens is 260 g/mol. The number of para-hydroxylation sites is 1. The van der Waals surface area contributed by atoms with Gasteiger partial charge in [0.25, 0.3) is 0 Å². The molecule has 2 aromatic carbocycles. The number of fused-ring (bicyclic) bond motifs is 1. The molecule has 1 aliphatic rings. The van der Waals surface area contributed by atoms with Crippen LogP contribution in [0.3, 0.4) is 0 Å². The van der Waals surface area contributed by atoms with Crippen LogP contribution in [-0.2, 0) is 12.0 Å². The smallest absolute Gasteiger partial charge is 0.151 e. The van der Waals surface area contributed by atoms with E-state index in [1.807, 2.05) is 30.3 Å². The molecule has 0 radical (unpaired) electrons. The van der Waals surface area contributed by atoms with Crippen molar-refractivity contribution in [3.05, 3.63) is 59.2 Å². The molecule has 0 saturated heterocycles. The van der Waals surface area contributed by atoms with Crippen molar-refractivity contribution in [2.75, 3.05) is 12.4 Å². The molecule has 0 saturated carbocycles. The van der Waals surface area contributed by atoms with Gasteiger partial charge in [0.2, 0.25) is 0 Å². The minimum atomic E-state index is -0.671. The van der Waals surface area contributed by atoms with E-state index in [4.69, 9.17) is 4.74 Å². The summed E-state index contributed by atoms with van der Waals surface area (Å²) in [5.74, 6) is 0.793. The van der Waals surface area contributed by atoms with Gasteiger partial charge in [-0.2, -0.15) is 5.26 Å². The number of benzene rings is 2. The fourth-order valence-corrected chi connectivity index (χ4v) is 2.97. The van der Waals surface area contributed by atoms with Crippen molar-refractivity contribution in [1.82, 2.24) is 0 Å². The molecular formula is C18H18N2O. The Balaban J connectivity index is 2.05. The topological polar surface area (TPSA) is 45.0 Å². The summed E-state index contributed by atoms with van der Waals surface area (Å²) in [4.78, 5) is 0. The maximum absolute atomic E-state index is 9.83. The third-order valence-electron chi connectivity index (χ3n) is 4.23. The summed E-state index contributed by atoms with van der Waals surface area (Å²) >= 11 is 0. The van der Waals surface area contributed by atoms with Crippen LogP contribution in [0.2, 0.25) is 0 Å². The van der Waals surface area contributed by atoms with Gasteiger partial charge in [-0.25, -0.2) is 0 Å². The molecule has 0 heterocycles. The van der Waals surface area contributed by atoms with E-state index in [1.54, 1.807) is 7.11 Å². The maximum Gasteiger partial charge on any atom is 0.151 e. The normalized spacial score (nSPS) is 19.7. The summed E-state index contributed by atoms with van der Waals surface area (Å²) in [7, 11) is 1.65. The molecule has 0 amide bonds. The summed E-state index contributed by atoms with van der Waals surface area (Å²) in [6.07, 6.45) is 1.69. The third-order valence-corrected chi connectivity index (χ3v) is 4.23. The van der Waals surface area contributed by atoms with Crippen LogP contribution in [0.5, 0.6) is 5.75 Å². The molecule has 1 unspecified atom stereocenters. The lowest BCUT2D eigenvalue weighted by atomic mass is 9.92. The molecule has 0 aromatic heterocycles. The van der Waals surface area contributed by atoms with Gasteiger partial charge in [0, 0.05) is 5.69 Å². The van der Waals surface area contributed by atoms with E-state index in [2.05, 4.69) is 30.4 Å². The highest BCUT2D eigenvalue weighted by Gasteiger charge is 2.39. The second-order valence-electron chi connectivity index (χ2n) is 5.48. The number of methoxy groups -OCH3 is 1. The van der Waals surface area contributed by atoms with Gasteiger partial charge in [0.15, 0.2) is 5.54 Å². The van der Waals surface area contributed by atoms with E-state index in [0.29, 0.717) is 0 Å². The number of hydrogen-bond donors (Lipinski definition) is 1. The Kier molecular flexibility index (Phi) is 3.31. The summed E-state index contributed by atoms with van der Waals surface area (Å²) in [6, 6.07) is 16.6. The predicted octanol–water partition coefficient (Wildman–Crippen LogP) is 3.78. The number of nitrogens with one attached hydrogen (secondary N) is 1. The standard InChI is InChI=1S/C18H18N2O/c1-13-5-3-4-6-17(13)20-18(12-19)10-9-14-7-8-15(21-2)11-16(14)18/h3-8,11,20H,9-10H2,1-2H3. The van der Waals surface area contributed by atoms with Crippen LogP contribution in [0.4, 0.5) is 5.69 Å². The highest BCUT2D eigenvalue weighted by molar-refractivity contribution is 5.59. The molecule has 3 nitrogen and oxygen atoms in total. The van der Waals surface area contributed by atoms with Gasteiger partial charge in [-0.05, 0) is 54.7 Å². The summed E-state index contributed by atoms with van der Waals surface area (Å²) in [6.45, 7) is 2.05. The highest BCUT2D eigenvalue weighted by Crippen LogP contribution is 2.41. The second kappa shape index (κ2) is 5.14. The quantitative estimate of drug-likeness (QED) is 0.929. The number of aryl methyl sites for hydroxylation is 2. The minimum Gasteiger partial charge on any atom is -0.497 e. The van der Waals surface area contributed by atoms with Crippen molar-refractivity contribution in [2.24, 2.45) is 0 Å². The van der Waals surface area contributed by atoms with Crippen LogP contribution in [0.1, 0.15) is 23.1 Å². The van der Waals surface area contributed by atoms with Gasteiger partial charge in [-0.3, -0.25) is 0 Å². The first-order valence-electron chi connectivity index (χ1n) is 7.11. The summed E-state index contributed by atoms with van der Waals surface area (Å²) < 4.78 is 5.31. The Bertz CT molecular complexity index is 717.